The fourth-order valence-corrected chi connectivity index (χ4v) is 3.36. The monoisotopic (exact) mass is 385 g/mol. The summed E-state index contributed by atoms with van der Waals surface area (Å²) in [6.45, 7) is 12.9. The lowest BCUT2D eigenvalue weighted by atomic mass is 9.92. The molecule has 2 aromatic carbocycles. The van der Waals surface area contributed by atoms with Crippen LogP contribution < -0.4 is 10.1 Å². The van der Waals surface area contributed by atoms with E-state index in [0.717, 1.165) is 35.1 Å². The summed E-state index contributed by atoms with van der Waals surface area (Å²) in [5.41, 5.74) is -0.0656. The minimum atomic E-state index is -0.850. The summed E-state index contributed by atoms with van der Waals surface area (Å²) >= 11 is 0. The zero-order valence-corrected chi connectivity index (χ0v) is 18.2. The van der Waals surface area contributed by atoms with Crippen molar-refractivity contribution < 1.29 is 14.3 Å². The minimum Gasteiger partial charge on any atom is -0.490 e. The summed E-state index contributed by atoms with van der Waals surface area (Å²) in [6, 6.07) is 11.9. The SMILES string of the molecule is CCCO[C@](C)(CC(C)C)C(=O)Nc1ccc(O[C@@H](C)CC)c2ccccc12. The second kappa shape index (κ2) is 9.92. The van der Waals surface area contributed by atoms with E-state index in [1.807, 2.05) is 43.3 Å². The summed E-state index contributed by atoms with van der Waals surface area (Å²) in [5, 5.41) is 5.09. The van der Waals surface area contributed by atoms with E-state index in [-0.39, 0.29) is 12.0 Å². The van der Waals surface area contributed by atoms with Gasteiger partial charge in [-0.2, -0.15) is 0 Å². The van der Waals surface area contributed by atoms with Gasteiger partial charge < -0.3 is 14.8 Å². The third kappa shape index (κ3) is 5.48. The molecule has 154 valence electrons. The van der Waals surface area contributed by atoms with Gasteiger partial charge in [0.05, 0.1) is 6.10 Å². The van der Waals surface area contributed by atoms with E-state index in [1.165, 1.54) is 0 Å². The van der Waals surface area contributed by atoms with Crippen molar-refractivity contribution in [1.29, 1.82) is 0 Å². The van der Waals surface area contributed by atoms with Gasteiger partial charge in [0.25, 0.3) is 5.91 Å². The molecular formula is C24H35NO3. The molecule has 0 bridgehead atoms. The summed E-state index contributed by atoms with van der Waals surface area (Å²) < 4.78 is 12.1. The molecule has 4 heteroatoms. The first-order chi connectivity index (χ1) is 13.3. The summed E-state index contributed by atoms with van der Waals surface area (Å²) in [6.07, 6.45) is 2.63. The van der Waals surface area contributed by atoms with E-state index in [0.29, 0.717) is 18.9 Å². The number of hydrogen-bond acceptors (Lipinski definition) is 3. The molecule has 0 spiro atoms. The van der Waals surface area contributed by atoms with E-state index in [2.05, 4.69) is 39.9 Å². The maximum atomic E-state index is 13.2. The Labute approximate surface area is 169 Å². The number of fused-ring (bicyclic) bond motifs is 1. The van der Waals surface area contributed by atoms with Gasteiger partial charge in [-0.1, -0.05) is 52.0 Å². The maximum Gasteiger partial charge on any atom is 0.256 e. The molecule has 28 heavy (non-hydrogen) atoms. The fraction of sp³-hybridized carbons (Fsp3) is 0.542. The highest BCUT2D eigenvalue weighted by Crippen LogP contribution is 2.33. The second-order valence-corrected chi connectivity index (χ2v) is 8.12. The molecule has 2 aromatic rings. The van der Waals surface area contributed by atoms with Crippen LogP contribution in [0.5, 0.6) is 5.75 Å². The summed E-state index contributed by atoms with van der Waals surface area (Å²) in [7, 11) is 0. The molecule has 0 heterocycles. The topological polar surface area (TPSA) is 47.6 Å². The highest BCUT2D eigenvalue weighted by atomic mass is 16.5. The number of carbonyl (C=O) groups excluding carboxylic acids is 1. The normalized spacial score (nSPS) is 14.7. The molecule has 0 aliphatic rings. The first-order valence-electron chi connectivity index (χ1n) is 10.4. The number of ether oxygens (including phenoxy) is 2. The van der Waals surface area contributed by atoms with Crippen molar-refractivity contribution in [2.75, 3.05) is 11.9 Å². The van der Waals surface area contributed by atoms with Crippen LogP contribution in [0.25, 0.3) is 10.8 Å². The van der Waals surface area contributed by atoms with E-state index < -0.39 is 5.60 Å². The van der Waals surface area contributed by atoms with Gasteiger partial charge in [-0.05, 0) is 51.2 Å². The van der Waals surface area contributed by atoms with Crippen LogP contribution in [0.2, 0.25) is 0 Å². The Balaban J connectivity index is 2.34. The van der Waals surface area contributed by atoms with Crippen LogP contribution in [0.15, 0.2) is 36.4 Å². The Hall–Kier alpha value is -2.07. The molecule has 1 N–H and O–H groups in total. The van der Waals surface area contributed by atoms with Gasteiger partial charge in [-0.3, -0.25) is 4.79 Å². The Bertz CT molecular complexity index is 787. The van der Waals surface area contributed by atoms with E-state index in [1.54, 1.807) is 0 Å². The summed E-state index contributed by atoms with van der Waals surface area (Å²) in [4.78, 5) is 13.2. The molecular weight excluding hydrogens is 350 g/mol. The fourth-order valence-electron chi connectivity index (χ4n) is 3.36. The first kappa shape index (κ1) is 22.2. The number of amides is 1. The quantitative estimate of drug-likeness (QED) is 0.531. The number of anilines is 1. The molecule has 0 aliphatic carbocycles. The summed E-state index contributed by atoms with van der Waals surface area (Å²) in [5.74, 6) is 1.10. The smallest absolute Gasteiger partial charge is 0.256 e. The van der Waals surface area contributed by atoms with Crippen molar-refractivity contribution >= 4 is 22.4 Å². The number of carbonyl (C=O) groups is 1. The van der Waals surface area contributed by atoms with E-state index in [4.69, 9.17) is 9.47 Å². The van der Waals surface area contributed by atoms with Gasteiger partial charge in [-0.15, -0.1) is 0 Å². The molecule has 0 saturated heterocycles. The highest BCUT2D eigenvalue weighted by molar-refractivity contribution is 6.06. The number of rotatable bonds is 10. The number of benzene rings is 2. The first-order valence-corrected chi connectivity index (χ1v) is 10.4. The van der Waals surface area contributed by atoms with Crippen molar-refractivity contribution in [3.05, 3.63) is 36.4 Å². The van der Waals surface area contributed by atoms with Crippen molar-refractivity contribution in [3.8, 4) is 5.75 Å². The van der Waals surface area contributed by atoms with Crippen molar-refractivity contribution in [2.24, 2.45) is 5.92 Å². The van der Waals surface area contributed by atoms with E-state index in [9.17, 15) is 4.79 Å². The van der Waals surface area contributed by atoms with Crippen LogP contribution in [0, 0.1) is 5.92 Å². The molecule has 0 radical (unpaired) electrons. The molecule has 1 amide bonds. The molecule has 4 nitrogen and oxygen atoms in total. The van der Waals surface area contributed by atoms with Crippen LogP contribution in [0.3, 0.4) is 0 Å². The molecule has 2 atom stereocenters. The van der Waals surface area contributed by atoms with E-state index >= 15 is 0 Å². The average molecular weight is 386 g/mol. The Morgan fingerprint density at radius 3 is 2.36 bits per heavy atom. The Kier molecular flexibility index (Phi) is 7.88. The third-order valence-corrected chi connectivity index (χ3v) is 4.94. The minimum absolute atomic E-state index is 0.101. The lowest BCUT2D eigenvalue weighted by Gasteiger charge is -2.30. The molecule has 0 unspecified atom stereocenters. The molecule has 0 fully saturated rings. The van der Waals surface area contributed by atoms with Gasteiger partial charge in [0.1, 0.15) is 11.4 Å². The van der Waals surface area contributed by atoms with Gasteiger partial charge >= 0.3 is 0 Å². The predicted octanol–water partition coefficient (Wildman–Crippen LogP) is 6.19. The standard InChI is InChI=1S/C24H35NO3/c1-7-15-27-24(6,16-17(3)4)23(26)25-21-13-14-22(28-18(5)8-2)20-12-10-9-11-19(20)21/h9-14,17-18H,7-8,15-16H2,1-6H3,(H,25,26)/t18-,24+/m0/s1. The lowest BCUT2D eigenvalue weighted by Crippen LogP contribution is -2.44. The molecule has 0 saturated carbocycles. The molecule has 0 aromatic heterocycles. The van der Waals surface area contributed by atoms with Gasteiger partial charge in [0.2, 0.25) is 0 Å². The number of hydrogen-bond donors (Lipinski definition) is 1. The van der Waals surface area contributed by atoms with Crippen LogP contribution in [-0.4, -0.2) is 24.2 Å². The van der Waals surface area contributed by atoms with Crippen LogP contribution in [-0.2, 0) is 9.53 Å². The lowest BCUT2D eigenvalue weighted by molar-refractivity contribution is -0.141. The van der Waals surface area contributed by atoms with Gasteiger partial charge in [0, 0.05) is 23.1 Å². The molecule has 2 rings (SSSR count). The Morgan fingerprint density at radius 1 is 1.07 bits per heavy atom. The van der Waals surface area contributed by atoms with Crippen LogP contribution in [0.1, 0.15) is 60.8 Å². The third-order valence-electron chi connectivity index (χ3n) is 4.94. The highest BCUT2D eigenvalue weighted by Gasteiger charge is 2.35. The zero-order valence-electron chi connectivity index (χ0n) is 18.2. The van der Waals surface area contributed by atoms with Gasteiger partial charge in [-0.25, -0.2) is 0 Å². The van der Waals surface area contributed by atoms with Gasteiger partial charge in [0.15, 0.2) is 0 Å². The average Bonchev–Trinajstić information content (AvgIpc) is 2.67. The second-order valence-electron chi connectivity index (χ2n) is 8.12. The predicted molar refractivity (Wildman–Crippen MR) is 117 cm³/mol. The van der Waals surface area contributed by atoms with Crippen molar-refractivity contribution in [1.82, 2.24) is 0 Å². The Morgan fingerprint density at radius 2 is 1.75 bits per heavy atom. The largest absolute Gasteiger partial charge is 0.490 e. The number of nitrogens with one attached hydrogen (secondary N) is 1. The zero-order chi connectivity index (χ0) is 20.7. The maximum absolute atomic E-state index is 13.2. The molecule has 0 aliphatic heterocycles. The van der Waals surface area contributed by atoms with Crippen molar-refractivity contribution in [3.63, 3.8) is 0 Å². The van der Waals surface area contributed by atoms with Crippen LogP contribution >= 0.6 is 0 Å². The van der Waals surface area contributed by atoms with Crippen LogP contribution in [0.4, 0.5) is 5.69 Å². The van der Waals surface area contributed by atoms with Crippen molar-refractivity contribution in [2.45, 2.75) is 72.5 Å².